The zero-order valence-corrected chi connectivity index (χ0v) is 11.1. The zero-order valence-electron chi connectivity index (χ0n) is 11.1. The van der Waals surface area contributed by atoms with Crippen LogP contribution in [0.2, 0.25) is 0 Å². The van der Waals surface area contributed by atoms with Gasteiger partial charge >= 0.3 is 11.9 Å². The van der Waals surface area contributed by atoms with Crippen LogP contribution >= 0.6 is 0 Å². The molecule has 1 unspecified atom stereocenters. The average molecular weight is 266 g/mol. The minimum absolute atomic E-state index is 0.0395. The van der Waals surface area contributed by atoms with E-state index in [9.17, 15) is 9.59 Å². The van der Waals surface area contributed by atoms with E-state index in [0.717, 1.165) is 5.56 Å². The molecule has 19 heavy (non-hydrogen) atoms. The Labute approximate surface area is 112 Å². The number of hydrogen-bond acceptors (Lipinski definition) is 4. The van der Waals surface area contributed by atoms with Crippen LogP contribution in [0, 0.1) is 0 Å². The molecule has 0 aliphatic heterocycles. The summed E-state index contributed by atoms with van der Waals surface area (Å²) >= 11 is 0. The highest BCUT2D eigenvalue weighted by Crippen LogP contribution is 2.26. The SMILES string of the molecule is CCOC(=O)C(C)(COCC(=O)O)c1ccccc1. The van der Waals surface area contributed by atoms with Gasteiger partial charge < -0.3 is 14.6 Å². The van der Waals surface area contributed by atoms with Crippen molar-refractivity contribution in [3.8, 4) is 0 Å². The number of carboxylic acids is 1. The van der Waals surface area contributed by atoms with Gasteiger partial charge in [-0.3, -0.25) is 4.79 Å². The fourth-order valence-electron chi connectivity index (χ4n) is 1.70. The van der Waals surface area contributed by atoms with E-state index in [1.807, 2.05) is 18.2 Å². The van der Waals surface area contributed by atoms with E-state index in [0.29, 0.717) is 0 Å². The molecule has 0 spiro atoms. The van der Waals surface area contributed by atoms with Gasteiger partial charge in [-0.25, -0.2) is 4.79 Å². The molecule has 1 aromatic carbocycles. The predicted molar refractivity (Wildman–Crippen MR) is 68.9 cm³/mol. The second kappa shape index (κ2) is 6.89. The molecule has 0 aromatic heterocycles. The molecule has 0 saturated carbocycles. The second-order valence-electron chi connectivity index (χ2n) is 4.31. The molecule has 5 heteroatoms. The van der Waals surface area contributed by atoms with Gasteiger partial charge in [0.15, 0.2) is 0 Å². The van der Waals surface area contributed by atoms with Crippen LogP contribution in [-0.4, -0.2) is 36.9 Å². The lowest BCUT2D eigenvalue weighted by molar-refractivity contribution is -0.155. The van der Waals surface area contributed by atoms with Gasteiger partial charge in [0.05, 0.1) is 13.2 Å². The van der Waals surface area contributed by atoms with Crippen molar-refractivity contribution in [1.29, 1.82) is 0 Å². The summed E-state index contributed by atoms with van der Waals surface area (Å²) in [4.78, 5) is 22.6. The number of rotatable bonds is 7. The van der Waals surface area contributed by atoms with Crippen LogP contribution in [0.1, 0.15) is 19.4 Å². The smallest absolute Gasteiger partial charge is 0.329 e. The monoisotopic (exact) mass is 266 g/mol. The van der Waals surface area contributed by atoms with Crippen LogP contribution in [0.4, 0.5) is 0 Å². The molecule has 0 bridgehead atoms. The summed E-state index contributed by atoms with van der Waals surface area (Å²) in [6.45, 7) is 3.19. The number of ether oxygens (including phenoxy) is 2. The van der Waals surface area contributed by atoms with Gasteiger partial charge in [0.2, 0.25) is 0 Å². The van der Waals surface area contributed by atoms with Crippen LogP contribution < -0.4 is 0 Å². The van der Waals surface area contributed by atoms with Crippen LogP contribution in [-0.2, 0) is 24.5 Å². The highest BCUT2D eigenvalue weighted by molar-refractivity contribution is 5.83. The molecule has 0 heterocycles. The molecule has 104 valence electrons. The Morgan fingerprint density at radius 2 is 1.89 bits per heavy atom. The molecule has 5 nitrogen and oxygen atoms in total. The summed E-state index contributed by atoms with van der Waals surface area (Å²) in [5.74, 6) is -1.49. The number of carbonyl (C=O) groups is 2. The number of esters is 1. The molecular weight excluding hydrogens is 248 g/mol. The Kier molecular flexibility index (Phi) is 5.51. The van der Waals surface area contributed by atoms with E-state index in [-0.39, 0.29) is 13.2 Å². The Balaban J connectivity index is 2.90. The first-order chi connectivity index (χ1) is 9.00. The van der Waals surface area contributed by atoms with Gasteiger partial charge in [-0.15, -0.1) is 0 Å². The van der Waals surface area contributed by atoms with Crippen molar-refractivity contribution < 1.29 is 24.2 Å². The van der Waals surface area contributed by atoms with E-state index in [1.165, 1.54) is 0 Å². The van der Waals surface area contributed by atoms with E-state index < -0.39 is 24.0 Å². The summed E-state index contributed by atoms with van der Waals surface area (Å²) in [5.41, 5.74) is -0.272. The van der Waals surface area contributed by atoms with Crippen LogP contribution in [0.25, 0.3) is 0 Å². The van der Waals surface area contributed by atoms with Crippen LogP contribution in [0.5, 0.6) is 0 Å². The van der Waals surface area contributed by atoms with Gasteiger partial charge in [-0.1, -0.05) is 30.3 Å². The molecule has 1 rings (SSSR count). The third-order valence-electron chi connectivity index (χ3n) is 2.75. The zero-order chi connectivity index (χ0) is 14.3. The number of carboxylic acid groups (broad SMARTS) is 1. The molecule has 0 fully saturated rings. The Hall–Kier alpha value is -1.88. The van der Waals surface area contributed by atoms with Gasteiger partial charge in [-0.2, -0.15) is 0 Å². The summed E-state index contributed by atoms with van der Waals surface area (Å²) in [5, 5.41) is 8.58. The van der Waals surface area contributed by atoms with Gasteiger partial charge in [-0.05, 0) is 19.4 Å². The summed E-state index contributed by atoms with van der Waals surface area (Å²) in [7, 11) is 0. The highest BCUT2D eigenvalue weighted by Gasteiger charge is 2.37. The lowest BCUT2D eigenvalue weighted by Gasteiger charge is -2.27. The van der Waals surface area contributed by atoms with Crippen LogP contribution in [0.15, 0.2) is 30.3 Å². The standard InChI is InChI=1S/C14H18O5/c1-3-19-13(17)14(2,10-18-9-12(15)16)11-7-5-4-6-8-11/h4-8H,3,9-10H2,1-2H3,(H,15,16). The third kappa shape index (κ3) is 4.06. The normalized spacial score (nSPS) is 13.6. The average Bonchev–Trinajstić information content (AvgIpc) is 2.39. The number of carbonyl (C=O) groups excluding carboxylic acids is 1. The first-order valence-corrected chi connectivity index (χ1v) is 6.03. The third-order valence-corrected chi connectivity index (χ3v) is 2.75. The molecule has 0 saturated heterocycles. The molecule has 1 atom stereocenters. The van der Waals surface area contributed by atoms with Crippen molar-refractivity contribution in [2.45, 2.75) is 19.3 Å². The van der Waals surface area contributed by atoms with Crippen molar-refractivity contribution in [3.63, 3.8) is 0 Å². The number of hydrogen-bond donors (Lipinski definition) is 1. The Morgan fingerprint density at radius 3 is 2.42 bits per heavy atom. The summed E-state index contributed by atoms with van der Waals surface area (Å²) in [6.07, 6.45) is 0. The summed E-state index contributed by atoms with van der Waals surface area (Å²) in [6, 6.07) is 9.04. The molecule has 1 N–H and O–H groups in total. The molecule has 0 aliphatic rings. The van der Waals surface area contributed by atoms with E-state index in [2.05, 4.69) is 0 Å². The topological polar surface area (TPSA) is 72.8 Å². The highest BCUT2D eigenvalue weighted by atomic mass is 16.5. The molecule has 1 aromatic rings. The van der Waals surface area contributed by atoms with Crippen molar-refractivity contribution >= 4 is 11.9 Å². The molecule has 0 radical (unpaired) electrons. The fourth-order valence-corrected chi connectivity index (χ4v) is 1.70. The van der Waals surface area contributed by atoms with Crippen molar-refractivity contribution in [2.24, 2.45) is 0 Å². The predicted octanol–water partition coefficient (Wildman–Crippen LogP) is 1.61. The first kappa shape index (κ1) is 15.2. The van der Waals surface area contributed by atoms with Gasteiger partial charge in [0, 0.05) is 0 Å². The number of benzene rings is 1. The maximum absolute atomic E-state index is 12.1. The molecular formula is C14H18O5. The fraction of sp³-hybridized carbons (Fsp3) is 0.429. The second-order valence-corrected chi connectivity index (χ2v) is 4.31. The maximum atomic E-state index is 12.1. The summed E-state index contributed by atoms with van der Waals surface area (Å²) < 4.78 is 10.1. The Bertz CT molecular complexity index is 429. The van der Waals surface area contributed by atoms with Crippen molar-refractivity contribution in [3.05, 3.63) is 35.9 Å². The lowest BCUT2D eigenvalue weighted by Crippen LogP contribution is -2.39. The van der Waals surface area contributed by atoms with E-state index in [1.54, 1.807) is 26.0 Å². The van der Waals surface area contributed by atoms with Crippen molar-refractivity contribution in [1.82, 2.24) is 0 Å². The van der Waals surface area contributed by atoms with Crippen LogP contribution in [0.3, 0.4) is 0 Å². The van der Waals surface area contributed by atoms with Gasteiger partial charge in [0.1, 0.15) is 12.0 Å². The van der Waals surface area contributed by atoms with E-state index in [4.69, 9.17) is 14.6 Å². The largest absolute Gasteiger partial charge is 0.480 e. The Morgan fingerprint density at radius 1 is 1.26 bits per heavy atom. The lowest BCUT2D eigenvalue weighted by atomic mass is 9.83. The first-order valence-electron chi connectivity index (χ1n) is 6.03. The maximum Gasteiger partial charge on any atom is 0.329 e. The molecule has 0 aliphatic carbocycles. The molecule has 0 amide bonds. The number of aliphatic carboxylic acids is 1. The minimum Gasteiger partial charge on any atom is -0.480 e. The minimum atomic E-state index is -1.07. The van der Waals surface area contributed by atoms with Crippen molar-refractivity contribution in [2.75, 3.05) is 19.8 Å². The van der Waals surface area contributed by atoms with Gasteiger partial charge in [0.25, 0.3) is 0 Å². The van der Waals surface area contributed by atoms with E-state index >= 15 is 0 Å². The quantitative estimate of drug-likeness (QED) is 0.759.